The zero-order chi connectivity index (χ0) is 12.0. The van der Waals surface area contributed by atoms with Crippen molar-refractivity contribution in [2.24, 2.45) is 11.7 Å². The third-order valence-corrected chi connectivity index (χ3v) is 3.67. The molecule has 1 unspecified atom stereocenters. The summed E-state index contributed by atoms with van der Waals surface area (Å²) >= 11 is 0. The van der Waals surface area contributed by atoms with Gasteiger partial charge in [0.25, 0.3) is 0 Å². The van der Waals surface area contributed by atoms with Crippen LogP contribution in [0.2, 0.25) is 0 Å². The number of carbonyl (C=O) groups excluding carboxylic acids is 1. The number of nitrogens with two attached hydrogens (primary N) is 1. The maximum Gasteiger partial charge on any atom is 0.314 e. The van der Waals surface area contributed by atoms with Gasteiger partial charge >= 0.3 is 6.03 Å². The van der Waals surface area contributed by atoms with Gasteiger partial charge in [0.15, 0.2) is 0 Å². The van der Waals surface area contributed by atoms with Gasteiger partial charge in [0, 0.05) is 19.6 Å². The lowest BCUT2D eigenvalue weighted by molar-refractivity contribution is 0.179. The van der Waals surface area contributed by atoms with E-state index in [0.29, 0.717) is 0 Å². The van der Waals surface area contributed by atoms with Gasteiger partial charge < -0.3 is 16.0 Å². The first-order valence-corrected chi connectivity index (χ1v) is 6.32. The van der Waals surface area contributed by atoms with Crippen molar-refractivity contribution in [2.45, 2.75) is 44.6 Å². The number of hydrogen-bond donors (Lipinski definition) is 2. The third kappa shape index (κ3) is 4.00. The predicted octanol–water partition coefficient (Wildman–Crippen LogP) is 1.56. The van der Waals surface area contributed by atoms with Crippen molar-refractivity contribution < 1.29 is 4.79 Å². The molecule has 0 aliphatic heterocycles. The monoisotopic (exact) mass is 227 g/mol. The molecule has 0 spiro atoms. The van der Waals surface area contributed by atoms with Gasteiger partial charge in [0.1, 0.15) is 0 Å². The van der Waals surface area contributed by atoms with Crippen molar-refractivity contribution in [1.29, 1.82) is 0 Å². The summed E-state index contributed by atoms with van der Waals surface area (Å²) in [5.41, 5.74) is 5.33. The van der Waals surface area contributed by atoms with Crippen LogP contribution in [0, 0.1) is 5.92 Å². The third-order valence-electron chi connectivity index (χ3n) is 3.67. The van der Waals surface area contributed by atoms with E-state index in [1.54, 1.807) is 11.9 Å². The highest BCUT2D eigenvalue weighted by Crippen LogP contribution is 2.28. The van der Waals surface area contributed by atoms with E-state index in [1.165, 1.54) is 32.1 Å². The van der Waals surface area contributed by atoms with Crippen molar-refractivity contribution >= 4 is 6.03 Å². The molecule has 1 aliphatic carbocycles. The largest absolute Gasteiger partial charge is 0.351 e. The summed E-state index contributed by atoms with van der Waals surface area (Å²) in [5, 5.41) is 3.14. The van der Waals surface area contributed by atoms with Gasteiger partial charge in [0.05, 0.1) is 0 Å². The Labute approximate surface area is 98.6 Å². The summed E-state index contributed by atoms with van der Waals surface area (Å²) in [4.78, 5) is 12.8. The number of nitrogens with one attached hydrogen (secondary N) is 1. The lowest BCUT2D eigenvalue weighted by atomic mass is 9.84. The molecule has 0 bridgehead atoms. The Bertz CT molecular complexity index is 214. The van der Waals surface area contributed by atoms with Gasteiger partial charge in [-0.05, 0) is 19.4 Å². The molecule has 0 aromatic rings. The van der Waals surface area contributed by atoms with Crippen LogP contribution in [0.5, 0.6) is 0 Å². The van der Waals surface area contributed by atoms with Crippen LogP contribution < -0.4 is 11.1 Å². The van der Waals surface area contributed by atoms with Gasteiger partial charge in [-0.15, -0.1) is 0 Å². The molecule has 1 saturated carbocycles. The molecule has 4 nitrogen and oxygen atoms in total. The minimum Gasteiger partial charge on any atom is -0.351 e. The van der Waals surface area contributed by atoms with Crippen LogP contribution in [0.4, 0.5) is 4.79 Å². The minimum absolute atomic E-state index is 0.241. The highest BCUT2D eigenvalue weighted by Gasteiger charge is 2.22. The van der Waals surface area contributed by atoms with Crippen LogP contribution in [0.25, 0.3) is 0 Å². The van der Waals surface area contributed by atoms with Crippen molar-refractivity contribution in [3.05, 3.63) is 0 Å². The molecule has 1 aliphatic rings. The van der Waals surface area contributed by atoms with E-state index in [1.807, 2.05) is 7.05 Å². The summed E-state index contributed by atoms with van der Waals surface area (Å²) < 4.78 is 0. The second kappa shape index (κ2) is 6.74. The Morgan fingerprint density at radius 1 is 1.44 bits per heavy atom. The Kier molecular flexibility index (Phi) is 5.60. The highest BCUT2D eigenvalue weighted by atomic mass is 16.2. The molecule has 0 heterocycles. The van der Waals surface area contributed by atoms with E-state index >= 15 is 0 Å². The first-order valence-electron chi connectivity index (χ1n) is 6.32. The zero-order valence-corrected chi connectivity index (χ0v) is 10.5. The van der Waals surface area contributed by atoms with E-state index in [0.717, 1.165) is 18.9 Å². The quantitative estimate of drug-likeness (QED) is 0.748. The van der Waals surface area contributed by atoms with Crippen LogP contribution in [0.3, 0.4) is 0 Å². The average Bonchev–Trinajstić information content (AvgIpc) is 2.29. The minimum atomic E-state index is -0.323. The molecule has 0 saturated heterocycles. The first-order chi connectivity index (χ1) is 7.65. The topological polar surface area (TPSA) is 58.4 Å². The van der Waals surface area contributed by atoms with Crippen LogP contribution >= 0.6 is 0 Å². The van der Waals surface area contributed by atoms with E-state index < -0.39 is 0 Å². The first kappa shape index (κ1) is 13.3. The van der Waals surface area contributed by atoms with Gasteiger partial charge in [-0.1, -0.05) is 32.1 Å². The molecular formula is C12H25N3O. The smallest absolute Gasteiger partial charge is 0.314 e. The molecule has 1 fully saturated rings. The number of amides is 2. The molecular weight excluding hydrogens is 202 g/mol. The molecule has 94 valence electrons. The summed E-state index contributed by atoms with van der Waals surface area (Å²) in [5.74, 6) is 0.772. The van der Waals surface area contributed by atoms with Crippen LogP contribution in [-0.2, 0) is 0 Å². The fraction of sp³-hybridized carbons (Fsp3) is 0.917. The van der Waals surface area contributed by atoms with Gasteiger partial charge in [-0.25, -0.2) is 4.79 Å². The maximum absolute atomic E-state index is 11.2. The summed E-state index contributed by atoms with van der Waals surface area (Å²) in [6, 6.07) is -0.0818. The van der Waals surface area contributed by atoms with Crippen LogP contribution in [-0.4, -0.2) is 37.6 Å². The molecule has 1 atom stereocenters. The predicted molar refractivity (Wildman–Crippen MR) is 66.3 cm³/mol. The number of nitrogens with zero attached hydrogens (tertiary/aromatic N) is 1. The van der Waals surface area contributed by atoms with Crippen LogP contribution in [0.1, 0.15) is 38.5 Å². The zero-order valence-electron chi connectivity index (χ0n) is 10.5. The molecule has 0 aromatic heterocycles. The number of carbonyl (C=O) groups is 1. The lowest BCUT2D eigenvalue weighted by Crippen LogP contribution is -2.46. The van der Waals surface area contributed by atoms with Gasteiger partial charge in [-0.3, -0.25) is 0 Å². The molecule has 4 heteroatoms. The lowest BCUT2D eigenvalue weighted by Gasteiger charge is -2.31. The summed E-state index contributed by atoms with van der Waals surface area (Å²) in [6.45, 7) is 0.829. The molecule has 16 heavy (non-hydrogen) atoms. The number of rotatable bonds is 5. The molecule has 1 rings (SSSR count). The summed E-state index contributed by atoms with van der Waals surface area (Å²) in [7, 11) is 3.72. The molecule has 0 radical (unpaired) electrons. The van der Waals surface area contributed by atoms with Gasteiger partial charge in [-0.2, -0.15) is 0 Å². The van der Waals surface area contributed by atoms with E-state index in [-0.39, 0.29) is 12.1 Å². The molecule has 3 N–H and O–H groups in total. The Morgan fingerprint density at radius 2 is 2.06 bits per heavy atom. The highest BCUT2D eigenvalue weighted by molar-refractivity contribution is 5.72. The van der Waals surface area contributed by atoms with E-state index in [4.69, 9.17) is 5.73 Å². The van der Waals surface area contributed by atoms with Crippen molar-refractivity contribution in [3.8, 4) is 0 Å². The van der Waals surface area contributed by atoms with Crippen molar-refractivity contribution in [2.75, 3.05) is 20.6 Å². The van der Waals surface area contributed by atoms with Gasteiger partial charge in [0.2, 0.25) is 0 Å². The standard InChI is InChI=1S/C12H25N3O/c1-14-9-11(15(2)12(13)16)8-10-6-4-3-5-7-10/h10-11,14H,3-9H2,1-2H3,(H2,13,16). The fourth-order valence-corrected chi connectivity index (χ4v) is 2.60. The van der Waals surface area contributed by atoms with Crippen LogP contribution in [0.15, 0.2) is 0 Å². The van der Waals surface area contributed by atoms with Crippen molar-refractivity contribution in [1.82, 2.24) is 10.2 Å². The second-order valence-corrected chi connectivity index (χ2v) is 4.90. The normalized spacial score (nSPS) is 19.4. The number of primary amides is 1. The number of likely N-dealkylation sites (N-methyl/N-ethyl adjacent to an activating group) is 2. The molecule has 2 amide bonds. The van der Waals surface area contributed by atoms with E-state index in [9.17, 15) is 4.79 Å². The maximum atomic E-state index is 11.2. The van der Waals surface area contributed by atoms with E-state index in [2.05, 4.69) is 5.32 Å². The fourth-order valence-electron chi connectivity index (χ4n) is 2.60. The second-order valence-electron chi connectivity index (χ2n) is 4.90. The molecule has 0 aromatic carbocycles. The van der Waals surface area contributed by atoms with Crippen molar-refractivity contribution in [3.63, 3.8) is 0 Å². The summed E-state index contributed by atoms with van der Waals surface area (Å²) in [6.07, 6.45) is 7.77. The Balaban J connectivity index is 2.45. The Morgan fingerprint density at radius 3 is 2.56 bits per heavy atom. The Hall–Kier alpha value is -0.770. The number of hydrogen-bond acceptors (Lipinski definition) is 2. The SMILES string of the molecule is CNCC(CC1CCCCC1)N(C)C(N)=O. The average molecular weight is 227 g/mol. The number of urea groups is 1.